The molecule has 0 aromatic heterocycles. The van der Waals surface area contributed by atoms with Crippen LogP contribution in [0.1, 0.15) is 15.9 Å². The third-order valence-corrected chi connectivity index (χ3v) is 4.13. The molecule has 6 heteroatoms. The van der Waals surface area contributed by atoms with E-state index in [2.05, 4.69) is 5.32 Å². The molecule has 0 bridgehead atoms. The normalized spacial score (nSPS) is 11.9. The summed E-state index contributed by atoms with van der Waals surface area (Å²) in [4.78, 5) is 24.1. The highest BCUT2D eigenvalue weighted by atomic mass is 19.1. The topological polar surface area (TPSA) is 72.2 Å². The van der Waals surface area contributed by atoms with Crippen LogP contribution in [0.3, 0.4) is 0 Å². The van der Waals surface area contributed by atoms with Gasteiger partial charge in [-0.1, -0.05) is 42.5 Å². The summed E-state index contributed by atoms with van der Waals surface area (Å²) in [5, 5.41) is 4.35. The van der Waals surface area contributed by atoms with Gasteiger partial charge in [-0.2, -0.15) is 0 Å². The molecule has 3 aromatic rings. The number of hydrogen-bond donors (Lipinski definition) is 2. The standard InChI is InChI=1S/C20H16F2N2O2/c21-14-8-9-16(17(22)11-14)20(26)24-18(19(23)25)10-13-6-3-5-12-4-1-2-7-15(12)13/h1-9,11,18H,10H2,(H2,23,25)(H,24,26)/t18-/m1/s1. The highest BCUT2D eigenvalue weighted by Crippen LogP contribution is 2.20. The van der Waals surface area contributed by atoms with Crippen LogP contribution >= 0.6 is 0 Å². The van der Waals surface area contributed by atoms with Crippen LogP contribution in [0.5, 0.6) is 0 Å². The average Bonchev–Trinajstić information content (AvgIpc) is 2.61. The van der Waals surface area contributed by atoms with E-state index in [1.165, 1.54) is 0 Å². The molecule has 3 rings (SSSR count). The van der Waals surface area contributed by atoms with E-state index in [0.29, 0.717) is 6.07 Å². The highest BCUT2D eigenvalue weighted by Gasteiger charge is 2.22. The molecular formula is C20H16F2N2O2. The van der Waals surface area contributed by atoms with Crippen molar-refractivity contribution in [1.29, 1.82) is 0 Å². The summed E-state index contributed by atoms with van der Waals surface area (Å²) >= 11 is 0. The molecule has 0 unspecified atom stereocenters. The minimum absolute atomic E-state index is 0.158. The van der Waals surface area contributed by atoms with Crippen molar-refractivity contribution in [2.75, 3.05) is 0 Å². The molecule has 0 saturated heterocycles. The summed E-state index contributed by atoms with van der Waals surface area (Å²) in [6, 6.07) is 14.8. The van der Waals surface area contributed by atoms with Crippen molar-refractivity contribution < 1.29 is 18.4 Å². The van der Waals surface area contributed by atoms with Gasteiger partial charge in [0.25, 0.3) is 5.91 Å². The Labute approximate surface area is 148 Å². The van der Waals surface area contributed by atoms with Crippen molar-refractivity contribution >= 4 is 22.6 Å². The van der Waals surface area contributed by atoms with Gasteiger partial charge < -0.3 is 11.1 Å². The summed E-state index contributed by atoms with van der Waals surface area (Å²) in [6.07, 6.45) is 0.158. The van der Waals surface area contributed by atoms with Gasteiger partial charge in [-0.25, -0.2) is 8.78 Å². The zero-order chi connectivity index (χ0) is 18.7. The molecular weight excluding hydrogens is 338 g/mol. The summed E-state index contributed by atoms with van der Waals surface area (Å²) in [5.74, 6) is -3.36. The Morgan fingerprint density at radius 2 is 1.73 bits per heavy atom. The van der Waals surface area contributed by atoms with E-state index in [9.17, 15) is 18.4 Å². The van der Waals surface area contributed by atoms with Crippen molar-refractivity contribution in [3.05, 3.63) is 83.4 Å². The number of primary amides is 1. The van der Waals surface area contributed by atoms with Crippen molar-refractivity contribution in [1.82, 2.24) is 5.32 Å². The summed E-state index contributed by atoms with van der Waals surface area (Å²) in [6.45, 7) is 0. The predicted octanol–water partition coefficient (Wildman–Crippen LogP) is 2.94. The number of hydrogen-bond acceptors (Lipinski definition) is 2. The Balaban J connectivity index is 1.85. The van der Waals surface area contributed by atoms with Crippen molar-refractivity contribution in [3.63, 3.8) is 0 Å². The second kappa shape index (κ2) is 7.31. The minimum atomic E-state index is -1.03. The summed E-state index contributed by atoms with van der Waals surface area (Å²) < 4.78 is 26.8. The first-order valence-corrected chi connectivity index (χ1v) is 7.97. The van der Waals surface area contributed by atoms with Gasteiger partial charge in [0, 0.05) is 12.5 Å². The fourth-order valence-corrected chi connectivity index (χ4v) is 2.82. The lowest BCUT2D eigenvalue weighted by molar-refractivity contribution is -0.119. The molecule has 0 heterocycles. The molecule has 3 aromatic carbocycles. The molecule has 0 aliphatic carbocycles. The van der Waals surface area contributed by atoms with E-state index < -0.39 is 29.5 Å². The monoisotopic (exact) mass is 354 g/mol. The van der Waals surface area contributed by atoms with Gasteiger partial charge in [-0.05, 0) is 28.5 Å². The van der Waals surface area contributed by atoms with E-state index in [-0.39, 0.29) is 12.0 Å². The molecule has 26 heavy (non-hydrogen) atoms. The fourth-order valence-electron chi connectivity index (χ4n) is 2.82. The lowest BCUT2D eigenvalue weighted by atomic mass is 9.98. The van der Waals surface area contributed by atoms with Crippen LogP contribution in [0.2, 0.25) is 0 Å². The maximum atomic E-state index is 13.8. The molecule has 3 N–H and O–H groups in total. The summed E-state index contributed by atoms with van der Waals surface area (Å²) in [5.41, 5.74) is 5.88. The van der Waals surface area contributed by atoms with Gasteiger partial charge >= 0.3 is 0 Å². The zero-order valence-corrected chi connectivity index (χ0v) is 13.7. The first-order valence-electron chi connectivity index (χ1n) is 7.97. The molecule has 132 valence electrons. The maximum absolute atomic E-state index is 13.8. The number of halogens is 2. The minimum Gasteiger partial charge on any atom is -0.368 e. The SMILES string of the molecule is NC(=O)[C@@H](Cc1cccc2ccccc12)NC(=O)c1ccc(F)cc1F. The van der Waals surface area contributed by atoms with Crippen molar-refractivity contribution in [2.45, 2.75) is 12.5 Å². The summed E-state index contributed by atoms with van der Waals surface area (Å²) in [7, 11) is 0. The quantitative estimate of drug-likeness (QED) is 0.739. The number of nitrogens with two attached hydrogens (primary N) is 1. The number of fused-ring (bicyclic) bond motifs is 1. The van der Waals surface area contributed by atoms with Gasteiger partial charge in [-0.15, -0.1) is 0 Å². The Morgan fingerprint density at radius 3 is 2.46 bits per heavy atom. The molecule has 0 aliphatic heterocycles. The van der Waals surface area contributed by atoms with Gasteiger partial charge in [0.1, 0.15) is 17.7 Å². The molecule has 1 atom stereocenters. The fraction of sp³-hybridized carbons (Fsp3) is 0.100. The van der Waals surface area contributed by atoms with Crippen molar-refractivity contribution in [2.24, 2.45) is 5.73 Å². The van der Waals surface area contributed by atoms with E-state index in [1.54, 1.807) is 0 Å². The molecule has 2 amide bonds. The van der Waals surface area contributed by atoms with Crippen LogP contribution < -0.4 is 11.1 Å². The number of nitrogens with one attached hydrogen (secondary N) is 1. The first-order chi connectivity index (χ1) is 12.5. The Kier molecular flexibility index (Phi) is 4.93. The lowest BCUT2D eigenvalue weighted by Gasteiger charge is -2.17. The van der Waals surface area contributed by atoms with E-state index in [0.717, 1.165) is 28.5 Å². The van der Waals surface area contributed by atoms with Gasteiger partial charge in [0.05, 0.1) is 5.56 Å². The van der Waals surface area contributed by atoms with Crippen LogP contribution in [-0.4, -0.2) is 17.9 Å². The molecule has 4 nitrogen and oxygen atoms in total. The smallest absolute Gasteiger partial charge is 0.254 e. The van der Waals surface area contributed by atoms with Gasteiger partial charge in [0.2, 0.25) is 5.91 Å². The van der Waals surface area contributed by atoms with Gasteiger partial charge in [0.15, 0.2) is 0 Å². The highest BCUT2D eigenvalue weighted by molar-refractivity contribution is 5.97. The molecule has 0 radical (unpaired) electrons. The third-order valence-electron chi connectivity index (χ3n) is 4.13. The van der Waals surface area contributed by atoms with Crippen LogP contribution in [-0.2, 0) is 11.2 Å². The average molecular weight is 354 g/mol. The number of benzene rings is 3. The molecule has 0 saturated carbocycles. The number of carbonyl (C=O) groups is 2. The second-order valence-corrected chi connectivity index (χ2v) is 5.89. The molecule has 0 fully saturated rings. The van der Waals surface area contributed by atoms with E-state index in [1.807, 2.05) is 42.5 Å². The second-order valence-electron chi connectivity index (χ2n) is 5.89. The predicted molar refractivity (Wildman–Crippen MR) is 94.5 cm³/mol. The van der Waals surface area contributed by atoms with Crippen LogP contribution in [0.15, 0.2) is 60.7 Å². The maximum Gasteiger partial charge on any atom is 0.254 e. The number of amides is 2. The van der Waals surface area contributed by atoms with Crippen LogP contribution in [0, 0.1) is 11.6 Å². The van der Waals surface area contributed by atoms with Crippen LogP contribution in [0.4, 0.5) is 8.78 Å². The Morgan fingerprint density at radius 1 is 1.00 bits per heavy atom. The molecule has 0 spiro atoms. The zero-order valence-electron chi connectivity index (χ0n) is 13.7. The van der Waals surface area contributed by atoms with Gasteiger partial charge in [-0.3, -0.25) is 9.59 Å². The van der Waals surface area contributed by atoms with E-state index >= 15 is 0 Å². The molecule has 0 aliphatic rings. The largest absolute Gasteiger partial charge is 0.368 e. The number of carbonyl (C=O) groups excluding carboxylic acids is 2. The third kappa shape index (κ3) is 3.69. The Hall–Kier alpha value is -3.28. The first kappa shape index (κ1) is 17.5. The van der Waals surface area contributed by atoms with E-state index in [4.69, 9.17) is 5.73 Å². The lowest BCUT2D eigenvalue weighted by Crippen LogP contribution is -2.46. The number of rotatable bonds is 5. The van der Waals surface area contributed by atoms with Crippen LogP contribution in [0.25, 0.3) is 10.8 Å². The Bertz CT molecular complexity index is 983. The van der Waals surface area contributed by atoms with Crippen molar-refractivity contribution in [3.8, 4) is 0 Å².